The molecule has 4 atom stereocenters. The Labute approximate surface area is 180 Å². The van der Waals surface area contributed by atoms with Gasteiger partial charge in [0.05, 0.1) is 66.1 Å². The molecule has 0 amide bonds. The van der Waals surface area contributed by atoms with E-state index in [1.165, 1.54) is 0 Å². The maximum Gasteiger partial charge on any atom is 0.154 e. The van der Waals surface area contributed by atoms with Gasteiger partial charge in [-0.1, -0.05) is 0 Å². The normalized spacial score (nSPS) is 15.8. The van der Waals surface area contributed by atoms with Gasteiger partial charge < -0.3 is 48.1 Å². The first-order valence-corrected chi connectivity index (χ1v) is 10.6. The summed E-state index contributed by atoms with van der Waals surface area (Å²) in [6.07, 6.45) is -2.08. The van der Waals surface area contributed by atoms with Crippen LogP contribution in [0.3, 0.4) is 0 Å². The first-order valence-electron chi connectivity index (χ1n) is 10.6. The highest BCUT2D eigenvalue weighted by Gasteiger charge is 2.09. The molecule has 0 aromatic carbocycles. The second kappa shape index (κ2) is 21.8. The smallest absolute Gasteiger partial charge is 0.154 e. The van der Waals surface area contributed by atoms with Crippen molar-refractivity contribution in [1.82, 2.24) is 0 Å². The lowest BCUT2D eigenvalue weighted by molar-refractivity contribution is -0.150. The second-order valence-corrected chi connectivity index (χ2v) is 6.39. The first kappa shape index (κ1) is 29.6. The zero-order chi connectivity index (χ0) is 22.5. The number of hydrogen-bond donors (Lipinski definition) is 2. The van der Waals surface area contributed by atoms with Gasteiger partial charge in [-0.3, -0.25) is 0 Å². The minimum Gasteiger partial charge on any atom is -0.388 e. The van der Waals surface area contributed by atoms with Crippen molar-refractivity contribution < 1.29 is 48.1 Å². The van der Waals surface area contributed by atoms with Crippen LogP contribution in [0.2, 0.25) is 0 Å². The minimum absolute atomic E-state index is 0.161. The summed E-state index contributed by atoms with van der Waals surface area (Å²) in [7, 11) is 0. The van der Waals surface area contributed by atoms with Gasteiger partial charge in [-0.2, -0.15) is 0 Å². The molecule has 4 unspecified atom stereocenters. The van der Waals surface area contributed by atoms with Gasteiger partial charge in [0.15, 0.2) is 12.6 Å². The Hall–Kier alpha value is -0.400. The van der Waals surface area contributed by atoms with Crippen molar-refractivity contribution in [3.05, 3.63) is 0 Å². The average molecular weight is 443 g/mol. The van der Waals surface area contributed by atoms with E-state index in [0.29, 0.717) is 52.9 Å². The number of aliphatic hydroxyl groups excluding tert-OH is 2. The van der Waals surface area contributed by atoms with Gasteiger partial charge in [-0.15, -0.1) is 0 Å². The molecule has 10 heteroatoms. The molecule has 0 saturated heterocycles. The summed E-state index contributed by atoms with van der Waals surface area (Å²) < 4.78 is 42.4. The molecule has 0 fully saturated rings. The van der Waals surface area contributed by atoms with E-state index < -0.39 is 12.2 Å². The maximum atomic E-state index is 9.71. The molecule has 0 aliphatic carbocycles. The lowest BCUT2D eigenvalue weighted by atomic mass is 10.4. The van der Waals surface area contributed by atoms with Crippen LogP contribution in [0.1, 0.15) is 27.7 Å². The molecule has 0 heterocycles. The van der Waals surface area contributed by atoms with Crippen LogP contribution in [0.4, 0.5) is 0 Å². The van der Waals surface area contributed by atoms with Gasteiger partial charge in [-0.25, -0.2) is 0 Å². The van der Waals surface area contributed by atoms with Crippen molar-refractivity contribution in [2.24, 2.45) is 0 Å². The molecular formula is C20H42O10. The molecule has 0 rings (SSSR count). The fraction of sp³-hybridized carbons (Fsp3) is 1.00. The van der Waals surface area contributed by atoms with Crippen molar-refractivity contribution in [2.45, 2.75) is 52.5 Å². The van der Waals surface area contributed by atoms with Crippen molar-refractivity contribution in [3.8, 4) is 0 Å². The van der Waals surface area contributed by atoms with E-state index in [4.69, 9.17) is 37.9 Å². The third-order valence-corrected chi connectivity index (χ3v) is 3.59. The van der Waals surface area contributed by atoms with Crippen LogP contribution in [-0.4, -0.2) is 114 Å². The van der Waals surface area contributed by atoms with Crippen LogP contribution >= 0.6 is 0 Å². The quantitative estimate of drug-likeness (QED) is 0.172. The van der Waals surface area contributed by atoms with Crippen molar-refractivity contribution >= 4 is 0 Å². The van der Waals surface area contributed by atoms with E-state index in [1.807, 2.05) is 13.8 Å². The monoisotopic (exact) mass is 442 g/mol. The zero-order valence-electron chi connectivity index (χ0n) is 19.0. The molecule has 0 aromatic heterocycles. The Balaban J connectivity index is 3.29. The van der Waals surface area contributed by atoms with E-state index in [1.54, 1.807) is 13.8 Å². The van der Waals surface area contributed by atoms with E-state index in [9.17, 15) is 10.2 Å². The van der Waals surface area contributed by atoms with Crippen LogP contribution in [0.5, 0.6) is 0 Å². The van der Waals surface area contributed by atoms with E-state index in [2.05, 4.69) is 0 Å². The molecule has 10 nitrogen and oxygen atoms in total. The van der Waals surface area contributed by atoms with Crippen molar-refractivity contribution in [2.75, 3.05) is 79.3 Å². The molecule has 182 valence electrons. The third kappa shape index (κ3) is 20.9. The van der Waals surface area contributed by atoms with Gasteiger partial charge in [0.2, 0.25) is 0 Å². The number of rotatable bonds is 23. The molecule has 0 saturated carbocycles. The highest BCUT2D eigenvalue weighted by atomic mass is 16.7. The van der Waals surface area contributed by atoms with Gasteiger partial charge in [-0.05, 0) is 27.7 Å². The zero-order valence-corrected chi connectivity index (χ0v) is 19.0. The first-order chi connectivity index (χ1) is 14.5. The van der Waals surface area contributed by atoms with Crippen molar-refractivity contribution in [1.29, 1.82) is 0 Å². The summed E-state index contributed by atoms with van der Waals surface area (Å²) in [6, 6.07) is 0. The topological polar surface area (TPSA) is 114 Å². The highest BCUT2D eigenvalue weighted by molar-refractivity contribution is 4.52. The summed E-state index contributed by atoms with van der Waals surface area (Å²) in [6.45, 7) is 11.6. The predicted octanol–water partition coefficient (Wildman–Crippen LogP) is 0.573. The lowest BCUT2D eigenvalue weighted by Gasteiger charge is -2.16. The van der Waals surface area contributed by atoms with Crippen LogP contribution in [0.25, 0.3) is 0 Å². The third-order valence-electron chi connectivity index (χ3n) is 3.59. The standard InChI is InChI=1S/C20H42O10/c1-5-27-17(3)29-15-19(21)13-25-11-9-23-7-8-24-10-12-26-14-20(22)16-30-18(4)28-6-2/h17-22H,5-16H2,1-4H3. The summed E-state index contributed by atoms with van der Waals surface area (Å²) in [5.41, 5.74) is 0. The van der Waals surface area contributed by atoms with Crippen LogP contribution in [-0.2, 0) is 37.9 Å². The Kier molecular flexibility index (Phi) is 21.5. The molecule has 0 spiro atoms. The molecule has 30 heavy (non-hydrogen) atoms. The average Bonchev–Trinajstić information content (AvgIpc) is 2.72. The summed E-state index contributed by atoms with van der Waals surface area (Å²) in [5.74, 6) is 0. The Morgan fingerprint density at radius 2 is 0.833 bits per heavy atom. The Bertz CT molecular complexity index is 316. The Morgan fingerprint density at radius 3 is 1.17 bits per heavy atom. The van der Waals surface area contributed by atoms with Gasteiger partial charge in [0.25, 0.3) is 0 Å². The largest absolute Gasteiger partial charge is 0.388 e. The SMILES string of the molecule is CCOC(C)OCC(O)COCCOCCOCCOCC(O)COC(C)OCC. The number of ether oxygens (including phenoxy) is 8. The van der Waals surface area contributed by atoms with Crippen LogP contribution < -0.4 is 0 Å². The Morgan fingerprint density at radius 1 is 0.500 bits per heavy atom. The van der Waals surface area contributed by atoms with Crippen molar-refractivity contribution in [3.63, 3.8) is 0 Å². The molecule has 0 aliphatic heterocycles. The molecule has 0 radical (unpaired) electrons. The van der Waals surface area contributed by atoms with Gasteiger partial charge >= 0.3 is 0 Å². The highest BCUT2D eigenvalue weighted by Crippen LogP contribution is 1.97. The van der Waals surface area contributed by atoms with E-state index in [0.717, 1.165) is 0 Å². The van der Waals surface area contributed by atoms with Crippen LogP contribution in [0.15, 0.2) is 0 Å². The fourth-order valence-corrected chi connectivity index (χ4v) is 2.15. The fourth-order valence-electron chi connectivity index (χ4n) is 2.15. The summed E-state index contributed by atoms with van der Waals surface area (Å²) >= 11 is 0. The van der Waals surface area contributed by atoms with E-state index >= 15 is 0 Å². The van der Waals surface area contributed by atoms with Gasteiger partial charge in [0, 0.05) is 13.2 Å². The molecule has 0 aromatic rings. The van der Waals surface area contributed by atoms with Crippen LogP contribution in [0, 0.1) is 0 Å². The maximum absolute atomic E-state index is 9.71. The molecule has 0 aliphatic rings. The van der Waals surface area contributed by atoms with Gasteiger partial charge in [0.1, 0.15) is 12.2 Å². The molecule has 0 bridgehead atoms. The number of hydrogen-bond acceptors (Lipinski definition) is 10. The van der Waals surface area contributed by atoms with E-state index in [-0.39, 0.29) is 39.0 Å². The summed E-state index contributed by atoms with van der Waals surface area (Å²) in [4.78, 5) is 0. The second-order valence-electron chi connectivity index (χ2n) is 6.39. The summed E-state index contributed by atoms with van der Waals surface area (Å²) in [5, 5.41) is 19.4. The predicted molar refractivity (Wildman–Crippen MR) is 109 cm³/mol. The minimum atomic E-state index is -0.700. The number of aliphatic hydroxyl groups is 2. The molecular weight excluding hydrogens is 400 g/mol. The lowest BCUT2D eigenvalue weighted by Crippen LogP contribution is -2.26. The molecule has 2 N–H and O–H groups in total.